The van der Waals surface area contributed by atoms with Crippen LogP contribution in [0.1, 0.15) is 27.3 Å². The predicted molar refractivity (Wildman–Crippen MR) is 109 cm³/mol. The van der Waals surface area contributed by atoms with Crippen molar-refractivity contribution < 1.29 is 4.79 Å². The monoisotopic (exact) mass is 410 g/mol. The lowest BCUT2D eigenvalue weighted by atomic mass is 10.1. The summed E-state index contributed by atoms with van der Waals surface area (Å²) in [7, 11) is 1.87. The number of carbonyl (C=O) groups excluding carboxylic acids is 1. The quantitative estimate of drug-likeness (QED) is 0.483. The number of thiazole rings is 1. The van der Waals surface area contributed by atoms with Crippen molar-refractivity contribution in [1.29, 1.82) is 0 Å². The number of rotatable bonds is 4. The van der Waals surface area contributed by atoms with E-state index in [1.54, 1.807) is 4.52 Å². The van der Waals surface area contributed by atoms with E-state index in [1.165, 1.54) is 23.1 Å². The lowest BCUT2D eigenvalue weighted by Gasteiger charge is -2.04. The van der Waals surface area contributed by atoms with Crippen molar-refractivity contribution >= 4 is 34.8 Å². The number of amides is 1. The van der Waals surface area contributed by atoms with E-state index in [1.807, 2.05) is 67.4 Å². The number of hydrogen-bond donors (Lipinski definition) is 0. The number of fused-ring (bicyclic) bond motifs is 1. The van der Waals surface area contributed by atoms with Gasteiger partial charge in [0.1, 0.15) is 0 Å². The lowest BCUT2D eigenvalue weighted by Crippen LogP contribution is -2.13. The summed E-state index contributed by atoms with van der Waals surface area (Å²) in [5.74, 6) is 0.915. The number of aromatic nitrogens is 5. The van der Waals surface area contributed by atoms with Crippen LogP contribution >= 0.6 is 23.1 Å². The standard InChI is InChI=1S/C19H18N6OS2/c1-12-10-13(2)25-17(20-12)22-18(23-25)28-11-14-6-4-5-7-15(14)16(26)21-19-24(3)8-9-27-19/h4-10H,11H2,1-3H3. The van der Waals surface area contributed by atoms with Gasteiger partial charge in [0.2, 0.25) is 5.16 Å². The molecule has 0 unspecified atom stereocenters. The van der Waals surface area contributed by atoms with Crippen molar-refractivity contribution in [3.8, 4) is 0 Å². The molecule has 142 valence electrons. The van der Waals surface area contributed by atoms with Gasteiger partial charge in [-0.05, 0) is 31.5 Å². The first-order chi connectivity index (χ1) is 13.5. The van der Waals surface area contributed by atoms with E-state index >= 15 is 0 Å². The van der Waals surface area contributed by atoms with E-state index < -0.39 is 0 Å². The lowest BCUT2D eigenvalue weighted by molar-refractivity contribution is 0.0997. The molecule has 0 atom stereocenters. The van der Waals surface area contributed by atoms with Gasteiger partial charge in [-0.2, -0.15) is 9.98 Å². The topological polar surface area (TPSA) is 77.4 Å². The molecule has 0 bridgehead atoms. The van der Waals surface area contributed by atoms with Crippen LogP contribution in [0.3, 0.4) is 0 Å². The Balaban J connectivity index is 1.59. The summed E-state index contributed by atoms with van der Waals surface area (Å²) in [5, 5.41) is 7.04. The minimum Gasteiger partial charge on any atom is -0.327 e. The van der Waals surface area contributed by atoms with Crippen molar-refractivity contribution in [2.75, 3.05) is 0 Å². The van der Waals surface area contributed by atoms with Gasteiger partial charge in [0.05, 0.1) is 0 Å². The molecule has 0 saturated heterocycles. The fraction of sp³-hybridized carbons (Fsp3) is 0.211. The van der Waals surface area contributed by atoms with Gasteiger partial charge < -0.3 is 4.57 Å². The Morgan fingerprint density at radius 1 is 1.25 bits per heavy atom. The smallest absolute Gasteiger partial charge is 0.279 e. The number of benzene rings is 1. The van der Waals surface area contributed by atoms with Crippen molar-refractivity contribution in [3.05, 3.63) is 69.2 Å². The molecule has 4 rings (SSSR count). The second-order valence-electron chi connectivity index (χ2n) is 6.30. The molecule has 0 aliphatic carbocycles. The molecule has 7 nitrogen and oxygen atoms in total. The van der Waals surface area contributed by atoms with Gasteiger partial charge in [0.15, 0.2) is 4.80 Å². The summed E-state index contributed by atoms with van der Waals surface area (Å²) in [6.07, 6.45) is 1.88. The van der Waals surface area contributed by atoms with Crippen LogP contribution in [0.25, 0.3) is 5.78 Å². The molecule has 0 saturated carbocycles. The van der Waals surface area contributed by atoms with Gasteiger partial charge in [-0.15, -0.1) is 16.4 Å². The Morgan fingerprint density at radius 3 is 2.86 bits per heavy atom. The van der Waals surface area contributed by atoms with Gasteiger partial charge >= 0.3 is 0 Å². The zero-order valence-corrected chi connectivity index (χ0v) is 17.3. The Hall–Kier alpha value is -2.78. The highest BCUT2D eigenvalue weighted by atomic mass is 32.2. The zero-order chi connectivity index (χ0) is 19.7. The summed E-state index contributed by atoms with van der Waals surface area (Å²) in [5.41, 5.74) is 3.39. The van der Waals surface area contributed by atoms with E-state index in [2.05, 4.69) is 20.1 Å². The maximum absolute atomic E-state index is 12.7. The molecule has 3 heterocycles. The average molecular weight is 411 g/mol. The maximum Gasteiger partial charge on any atom is 0.279 e. The van der Waals surface area contributed by atoms with E-state index in [4.69, 9.17) is 0 Å². The highest BCUT2D eigenvalue weighted by Crippen LogP contribution is 2.23. The third kappa shape index (κ3) is 3.76. The summed E-state index contributed by atoms with van der Waals surface area (Å²) >= 11 is 2.91. The van der Waals surface area contributed by atoms with Crippen LogP contribution in [-0.4, -0.2) is 30.1 Å². The Kier molecular flexibility index (Phi) is 5.10. The van der Waals surface area contributed by atoms with Crippen LogP contribution in [0.2, 0.25) is 0 Å². The molecule has 4 aromatic rings. The summed E-state index contributed by atoms with van der Waals surface area (Å²) in [4.78, 5) is 26.5. The minimum absolute atomic E-state index is 0.245. The molecule has 0 N–H and O–H groups in total. The van der Waals surface area contributed by atoms with Crippen molar-refractivity contribution in [3.63, 3.8) is 0 Å². The van der Waals surface area contributed by atoms with Gasteiger partial charge in [-0.25, -0.2) is 9.50 Å². The average Bonchev–Trinajstić information content (AvgIpc) is 3.26. The fourth-order valence-electron chi connectivity index (χ4n) is 2.79. The fourth-order valence-corrected chi connectivity index (χ4v) is 4.34. The highest BCUT2D eigenvalue weighted by molar-refractivity contribution is 7.98. The van der Waals surface area contributed by atoms with Gasteiger partial charge in [-0.1, -0.05) is 30.0 Å². The molecule has 0 aliphatic rings. The first kappa shape index (κ1) is 18.6. The molecule has 0 spiro atoms. The van der Waals surface area contributed by atoms with Crippen LogP contribution in [-0.2, 0) is 12.8 Å². The number of hydrogen-bond acceptors (Lipinski definition) is 6. The molecule has 28 heavy (non-hydrogen) atoms. The molecule has 3 aromatic heterocycles. The van der Waals surface area contributed by atoms with Crippen molar-refractivity contribution in [2.45, 2.75) is 24.8 Å². The number of thioether (sulfide) groups is 1. The van der Waals surface area contributed by atoms with Gasteiger partial charge in [0.25, 0.3) is 11.7 Å². The second kappa shape index (κ2) is 7.69. The predicted octanol–water partition coefficient (Wildman–Crippen LogP) is 3.17. The molecule has 0 aliphatic heterocycles. The zero-order valence-electron chi connectivity index (χ0n) is 15.7. The van der Waals surface area contributed by atoms with Crippen LogP contribution in [0.15, 0.2) is 52.1 Å². The first-order valence-corrected chi connectivity index (χ1v) is 10.5. The summed E-state index contributed by atoms with van der Waals surface area (Å²) in [6.45, 7) is 3.91. The molecule has 9 heteroatoms. The van der Waals surface area contributed by atoms with E-state index in [-0.39, 0.29) is 5.91 Å². The van der Waals surface area contributed by atoms with Crippen molar-refractivity contribution in [2.24, 2.45) is 12.0 Å². The molecule has 1 amide bonds. The van der Waals surface area contributed by atoms with Crippen LogP contribution in [0, 0.1) is 13.8 Å². The Morgan fingerprint density at radius 2 is 2.07 bits per heavy atom. The molecule has 0 fully saturated rings. The molecular weight excluding hydrogens is 392 g/mol. The van der Waals surface area contributed by atoms with Gasteiger partial charge in [-0.3, -0.25) is 4.79 Å². The molecule has 1 aromatic carbocycles. The third-order valence-electron chi connectivity index (χ3n) is 4.16. The highest BCUT2D eigenvalue weighted by Gasteiger charge is 2.13. The third-order valence-corrected chi connectivity index (χ3v) is 5.89. The van der Waals surface area contributed by atoms with E-state index in [9.17, 15) is 4.79 Å². The number of carbonyl (C=O) groups is 1. The van der Waals surface area contributed by atoms with E-state index in [0.29, 0.717) is 27.1 Å². The SMILES string of the molecule is Cc1cc(C)n2nc(SCc3ccccc3C(=O)N=c3sccn3C)nc2n1. The van der Waals surface area contributed by atoms with Crippen molar-refractivity contribution in [1.82, 2.24) is 24.1 Å². The maximum atomic E-state index is 12.7. The number of aryl methyl sites for hydroxylation is 3. The Bertz CT molecular complexity index is 1240. The first-order valence-electron chi connectivity index (χ1n) is 8.62. The van der Waals surface area contributed by atoms with Crippen LogP contribution in [0.5, 0.6) is 0 Å². The van der Waals surface area contributed by atoms with E-state index in [0.717, 1.165) is 17.0 Å². The molecular formula is C19H18N6OS2. The largest absolute Gasteiger partial charge is 0.327 e. The second-order valence-corrected chi connectivity index (χ2v) is 8.12. The summed E-state index contributed by atoms with van der Waals surface area (Å²) < 4.78 is 3.57. The number of nitrogens with zero attached hydrogens (tertiary/aromatic N) is 6. The molecule has 0 radical (unpaired) electrons. The summed E-state index contributed by atoms with van der Waals surface area (Å²) in [6, 6.07) is 9.49. The normalized spacial score (nSPS) is 12.0. The Labute approximate surface area is 169 Å². The van der Waals surface area contributed by atoms with Crippen LogP contribution in [0.4, 0.5) is 0 Å². The van der Waals surface area contributed by atoms with Crippen LogP contribution < -0.4 is 4.80 Å². The van der Waals surface area contributed by atoms with Gasteiger partial charge in [0, 0.05) is 41.3 Å². The minimum atomic E-state index is -0.245.